The van der Waals surface area contributed by atoms with Gasteiger partial charge in [-0.25, -0.2) is 9.78 Å². The van der Waals surface area contributed by atoms with E-state index in [9.17, 15) is 9.59 Å². The van der Waals surface area contributed by atoms with Gasteiger partial charge in [0, 0.05) is 24.0 Å². The fraction of sp³-hybridized carbons (Fsp3) is 0.444. The minimum atomic E-state index is -0.688. The Hall–Kier alpha value is -2.36. The molecule has 3 rings (SSSR count). The molecule has 0 bridgehead atoms. The summed E-state index contributed by atoms with van der Waals surface area (Å²) in [6.07, 6.45) is 4.23. The Kier molecular flexibility index (Phi) is 5.83. The van der Waals surface area contributed by atoms with Crippen LogP contribution in [0.4, 0.5) is 0 Å². The lowest BCUT2D eigenvalue weighted by molar-refractivity contribution is -0.139. The van der Waals surface area contributed by atoms with E-state index >= 15 is 0 Å². The molecule has 2 aromatic rings. The van der Waals surface area contributed by atoms with Gasteiger partial charge in [-0.05, 0) is 19.9 Å². The van der Waals surface area contributed by atoms with Crippen LogP contribution in [0.25, 0.3) is 0 Å². The highest BCUT2D eigenvalue weighted by Crippen LogP contribution is 2.24. The van der Waals surface area contributed by atoms with Gasteiger partial charge in [0.1, 0.15) is 11.1 Å². The van der Waals surface area contributed by atoms with Crippen molar-refractivity contribution in [1.29, 1.82) is 0 Å². The third-order valence-electron chi connectivity index (χ3n) is 4.04. The maximum atomic E-state index is 13.2. The number of carbonyl (C=O) groups is 2. The quantitative estimate of drug-likeness (QED) is 0.697. The molecule has 0 unspecified atom stereocenters. The number of amides is 1. The van der Waals surface area contributed by atoms with Crippen molar-refractivity contribution in [1.82, 2.24) is 14.9 Å². The fourth-order valence-electron chi connectivity index (χ4n) is 2.84. The zero-order chi connectivity index (χ0) is 19.4. The minimum absolute atomic E-state index is 0.172. The van der Waals surface area contributed by atoms with Crippen LogP contribution in [0.1, 0.15) is 39.6 Å². The van der Waals surface area contributed by atoms with E-state index in [1.165, 1.54) is 36.9 Å². The topological polar surface area (TPSA) is 90.9 Å². The summed E-state index contributed by atoms with van der Waals surface area (Å²) in [5, 5.41) is 2.63. The van der Waals surface area contributed by atoms with Gasteiger partial charge in [-0.15, -0.1) is 11.3 Å². The van der Waals surface area contributed by atoms with Crippen LogP contribution < -0.4 is 0 Å². The van der Waals surface area contributed by atoms with Crippen LogP contribution in [-0.4, -0.2) is 58.9 Å². The van der Waals surface area contributed by atoms with Crippen LogP contribution >= 0.6 is 11.3 Å². The van der Waals surface area contributed by atoms with E-state index in [-0.39, 0.29) is 23.1 Å². The zero-order valence-corrected chi connectivity index (χ0v) is 16.2. The second-order valence-corrected chi connectivity index (χ2v) is 7.45. The second-order valence-electron chi connectivity index (χ2n) is 6.48. The molecule has 0 radical (unpaired) electrons. The van der Waals surface area contributed by atoms with Gasteiger partial charge in [-0.3, -0.25) is 9.78 Å². The summed E-state index contributed by atoms with van der Waals surface area (Å²) >= 11 is 1.45. The third-order valence-corrected chi connectivity index (χ3v) is 4.81. The van der Waals surface area contributed by atoms with E-state index in [0.29, 0.717) is 19.7 Å². The Morgan fingerprint density at radius 1 is 1.37 bits per heavy atom. The molecule has 0 aliphatic carbocycles. The number of aromatic nitrogens is 2. The van der Waals surface area contributed by atoms with E-state index in [0.717, 1.165) is 5.01 Å². The van der Waals surface area contributed by atoms with Crippen molar-refractivity contribution in [3.05, 3.63) is 46.2 Å². The predicted octanol–water partition coefficient (Wildman–Crippen LogP) is 2.12. The summed E-state index contributed by atoms with van der Waals surface area (Å²) in [6.45, 7) is 4.64. The van der Waals surface area contributed by atoms with Gasteiger partial charge in [0.2, 0.25) is 0 Å². The van der Waals surface area contributed by atoms with Crippen LogP contribution in [0.5, 0.6) is 0 Å². The zero-order valence-electron chi connectivity index (χ0n) is 15.4. The van der Waals surface area contributed by atoms with Crippen molar-refractivity contribution in [3.8, 4) is 0 Å². The Balaban J connectivity index is 1.86. The molecule has 1 saturated heterocycles. The number of methoxy groups -OCH3 is 1. The Morgan fingerprint density at radius 2 is 2.19 bits per heavy atom. The number of nitrogens with zero attached hydrogens (tertiary/aromatic N) is 3. The monoisotopic (exact) mass is 391 g/mol. The Morgan fingerprint density at radius 3 is 2.81 bits per heavy atom. The van der Waals surface area contributed by atoms with E-state index in [1.807, 2.05) is 19.2 Å². The molecule has 27 heavy (non-hydrogen) atoms. The first-order chi connectivity index (χ1) is 12.9. The first-order valence-corrected chi connectivity index (χ1v) is 9.29. The summed E-state index contributed by atoms with van der Waals surface area (Å²) in [6, 6.07) is 1.47. The van der Waals surface area contributed by atoms with Crippen molar-refractivity contribution >= 4 is 23.2 Å². The minimum Gasteiger partial charge on any atom is -0.465 e. The Labute approximate surface area is 161 Å². The normalized spacial score (nSPS) is 18.3. The fourth-order valence-corrected chi connectivity index (χ4v) is 3.47. The second kappa shape index (κ2) is 8.12. The number of ether oxygens (including phenoxy) is 3. The molecular weight excluding hydrogens is 370 g/mol. The lowest BCUT2D eigenvalue weighted by Gasteiger charge is -2.25. The average Bonchev–Trinajstić information content (AvgIpc) is 3.29. The molecule has 144 valence electrons. The predicted molar refractivity (Wildman–Crippen MR) is 97.3 cm³/mol. The van der Waals surface area contributed by atoms with E-state index in [1.54, 1.807) is 11.1 Å². The van der Waals surface area contributed by atoms with Crippen LogP contribution in [0.15, 0.2) is 30.0 Å². The average molecular weight is 391 g/mol. The molecule has 0 N–H and O–H groups in total. The number of carbonyl (C=O) groups excluding carboxylic acids is 2. The summed E-state index contributed by atoms with van der Waals surface area (Å²) in [7, 11) is 1.27. The van der Waals surface area contributed by atoms with Crippen LogP contribution in [-0.2, 0) is 20.8 Å². The van der Waals surface area contributed by atoms with Gasteiger partial charge in [0.25, 0.3) is 5.91 Å². The standard InChI is InChI=1S/C18H21N3O5S/c1-18(2)25-11-12(26-18)9-21(10-15-20-6-7-27-15)16(22)14-8-19-5-4-13(14)17(23)24-3/h4-8,12H,9-11H2,1-3H3/t12-/m1/s1. The molecule has 9 heteroatoms. The van der Waals surface area contributed by atoms with Gasteiger partial charge in [0.15, 0.2) is 5.79 Å². The number of esters is 1. The summed E-state index contributed by atoms with van der Waals surface area (Å²) in [5.41, 5.74) is 0.352. The number of rotatable bonds is 6. The molecule has 8 nitrogen and oxygen atoms in total. The van der Waals surface area contributed by atoms with Crippen LogP contribution in [0, 0.1) is 0 Å². The maximum absolute atomic E-state index is 13.2. The first kappa shape index (κ1) is 19.4. The highest BCUT2D eigenvalue weighted by molar-refractivity contribution is 7.09. The summed E-state index contributed by atoms with van der Waals surface area (Å²) < 4.78 is 16.2. The molecule has 1 aliphatic rings. The number of thiazole rings is 1. The summed E-state index contributed by atoms with van der Waals surface area (Å²) in [5.74, 6) is -1.62. The van der Waals surface area contributed by atoms with E-state index < -0.39 is 11.8 Å². The van der Waals surface area contributed by atoms with Crippen molar-refractivity contribution in [2.75, 3.05) is 20.3 Å². The van der Waals surface area contributed by atoms with Crippen molar-refractivity contribution in [2.45, 2.75) is 32.3 Å². The van der Waals surface area contributed by atoms with Gasteiger partial charge >= 0.3 is 5.97 Å². The lowest BCUT2D eigenvalue weighted by Crippen LogP contribution is -2.39. The number of pyridine rings is 1. The molecular formula is C18H21N3O5S. The highest BCUT2D eigenvalue weighted by Gasteiger charge is 2.35. The van der Waals surface area contributed by atoms with Crippen LogP contribution in [0.3, 0.4) is 0 Å². The molecule has 1 amide bonds. The van der Waals surface area contributed by atoms with E-state index in [4.69, 9.17) is 14.2 Å². The first-order valence-electron chi connectivity index (χ1n) is 8.41. The molecule has 1 fully saturated rings. The number of hydrogen-bond donors (Lipinski definition) is 0. The van der Waals surface area contributed by atoms with Gasteiger partial charge in [-0.1, -0.05) is 0 Å². The highest BCUT2D eigenvalue weighted by atomic mass is 32.1. The number of hydrogen-bond acceptors (Lipinski definition) is 8. The largest absolute Gasteiger partial charge is 0.465 e. The van der Waals surface area contributed by atoms with Crippen molar-refractivity contribution in [3.63, 3.8) is 0 Å². The maximum Gasteiger partial charge on any atom is 0.338 e. The van der Waals surface area contributed by atoms with Crippen molar-refractivity contribution < 1.29 is 23.8 Å². The van der Waals surface area contributed by atoms with Gasteiger partial charge in [-0.2, -0.15) is 0 Å². The SMILES string of the molecule is COC(=O)c1ccncc1C(=O)N(Cc1nccs1)C[C@@H]1COC(C)(C)O1. The molecule has 3 heterocycles. The van der Waals surface area contributed by atoms with Gasteiger partial charge < -0.3 is 19.1 Å². The Bertz CT molecular complexity index is 809. The third kappa shape index (κ3) is 4.68. The summed E-state index contributed by atoms with van der Waals surface area (Å²) in [4.78, 5) is 35.1. The molecule has 0 saturated carbocycles. The molecule has 1 atom stereocenters. The molecule has 2 aromatic heterocycles. The lowest BCUT2D eigenvalue weighted by atomic mass is 10.1. The van der Waals surface area contributed by atoms with Crippen molar-refractivity contribution in [2.24, 2.45) is 0 Å². The molecule has 1 aliphatic heterocycles. The molecule has 0 aromatic carbocycles. The molecule has 0 spiro atoms. The van der Waals surface area contributed by atoms with Crippen LogP contribution in [0.2, 0.25) is 0 Å². The van der Waals surface area contributed by atoms with Gasteiger partial charge in [0.05, 0.1) is 37.9 Å². The van der Waals surface area contributed by atoms with E-state index in [2.05, 4.69) is 9.97 Å². The smallest absolute Gasteiger partial charge is 0.338 e.